The Kier molecular flexibility index (Phi) is 8.21. The molecule has 11 heteroatoms. The fourth-order valence-corrected chi connectivity index (χ4v) is 3.72. The summed E-state index contributed by atoms with van der Waals surface area (Å²) >= 11 is 0. The van der Waals surface area contributed by atoms with Crippen LogP contribution >= 0.6 is 0 Å². The number of benzene rings is 2. The van der Waals surface area contributed by atoms with Crippen LogP contribution in [0.15, 0.2) is 42.5 Å². The third kappa shape index (κ3) is 6.31. The van der Waals surface area contributed by atoms with Crippen molar-refractivity contribution in [1.29, 1.82) is 0 Å². The van der Waals surface area contributed by atoms with Gasteiger partial charge in [0, 0.05) is 38.3 Å². The molecule has 0 bridgehead atoms. The maximum Gasteiger partial charge on any atom is 0.418 e. The average Bonchev–Trinajstić information content (AvgIpc) is 2.82. The number of methoxy groups -OCH3 is 2. The van der Waals surface area contributed by atoms with Crippen LogP contribution in [0.4, 0.5) is 23.7 Å². The van der Waals surface area contributed by atoms with E-state index in [2.05, 4.69) is 10.6 Å². The fraction of sp³-hybridized carbons (Fsp3) is 0.391. The summed E-state index contributed by atoms with van der Waals surface area (Å²) in [5.74, 6) is 0.576. The van der Waals surface area contributed by atoms with E-state index >= 15 is 0 Å². The quantitative estimate of drug-likeness (QED) is 0.636. The molecule has 1 aliphatic heterocycles. The molecule has 3 rings (SSSR count). The lowest BCUT2D eigenvalue weighted by Crippen LogP contribution is -2.52. The Bertz CT molecular complexity index is 1010. The lowest BCUT2D eigenvalue weighted by molar-refractivity contribution is -0.137. The van der Waals surface area contributed by atoms with E-state index in [0.29, 0.717) is 37.7 Å². The summed E-state index contributed by atoms with van der Waals surface area (Å²) in [6.07, 6.45) is -4.56. The summed E-state index contributed by atoms with van der Waals surface area (Å²) in [6, 6.07) is 9.99. The number of nitrogens with zero attached hydrogens (tertiary/aromatic N) is 2. The number of nitrogens with one attached hydrogen (secondary N) is 2. The Balaban J connectivity index is 1.48. The normalized spacial score (nSPS) is 14.4. The van der Waals surface area contributed by atoms with Crippen molar-refractivity contribution in [3.8, 4) is 11.5 Å². The first-order valence-corrected chi connectivity index (χ1v) is 10.6. The largest absolute Gasteiger partial charge is 0.493 e. The second kappa shape index (κ2) is 11.1. The molecule has 0 atom stereocenters. The molecule has 2 aromatic rings. The number of ether oxygens (including phenoxy) is 2. The molecule has 0 spiro atoms. The molecule has 1 fully saturated rings. The van der Waals surface area contributed by atoms with Crippen molar-refractivity contribution in [3.63, 3.8) is 0 Å². The Morgan fingerprint density at radius 2 is 1.68 bits per heavy atom. The van der Waals surface area contributed by atoms with Crippen LogP contribution in [-0.4, -0.2) is 68.7 Å². The van der Waals surface area contributed by atoms with Crippen molar-refractivity contribution in [2.75, 3.05) is 52.3 Å². The van der Waals surface area contributed by atoms with Crippen molar-refractivity contribution < 1.29 is 32.2 Å². The second-order valence-corrected chi connectivity index (χ2v) is 7.67. The predicted molar refractivity (Wildman–Crippen MR) is 120 cm³/mol. The van der Waals surface area contributed by atoms with Gasteiger partial charge in [-0.3, -0.25) is 9.69 Å². The summed E-state index contributed by atoms with van der Waals surface area (Å²) in [5, 5.41) is 5.19. The highest BCUT2D eigenvalue weighted by atomic mass is 19.4. The van der Waals surface area contributed by atoms with Gasteiger partial charge in [0.15, 0.2) is 11.5 Å². The van der Waals surface area contributed by atoms with E-state index in [1.807, 2.05) is 6.07 Å². The zero-order chi connectivity index (χ0) is 24.7. The minimum absolute atomic E-state index is 0.0668. The molecule has 2 N–H and O–H groups in total. The molecule has 3 amide bonds. The number of alkyl halides is 3. The molecule has 184 valence electrons. The number of amides is 3. The van der Waals surface area contributed by atoms with Crippen LogP contribution in [0.1, 0.15) is 11.1 Å². The highest BCUT2D eigenvalue weighted by Gasteiger charge is 2.33. The SMILES string of the molecule is COc1cccc(CNC(=O)N2CCN(CC(=O)Nc3ccccc3C(F)(F)F)CC2)c1OC. The Labute approximate surface area is 195 Å². The smallest absolute Gasteiger partial charge is 0.418 e. The lowest BCUT2D eigenvalue weighted by Gasteiger charge is -2.34. The molecule has 1 heterocycles. The number of para-hydroxylation sites is 2. The first kappa shape index (κ1) is 25.2. The van der Waals surface area contributed by atoms with Gasteiger partial charge in [0.05, 0.1) is 32.0 Å². The van der Waals surface area contributed by atoms with Gasteiger partial charge in [-0.1, -0.05) is 24.3 Å². The maximum absolute atomic E-state index is 13.1. The summed E-state index contributed by atoms with van der Waals surface area (Å²) in [6.45, 7) is 1.79. The van der Waals surface area contributed by atoms with Gasteiger partial charge in [-0.15, -0.1) is 0 Å². The van der Waals surface area contributed by atoms with Crippen molar-refractivity contribution in [3.05, 3.63) is 53.6 Å². The molecule has 0 aliphatic carbocycles. The monoisotopic (exact) mass is 480 g/mol. The zero-order valence-electron chi connectivity index (χ0n) is 18.9. The first-order chi connectivity index (χ1) is 16.2. The highest BCUT2D eigenvalue weighted by molar-refractivity contribution is 5.93. The predicted octanol–water partition coefficient (Wildman–Crippen LogP) is 3.19. The number of urea groups is 1. The van der Waals surface area contributed by atoms with Crippen LogP contribution < -0.4 is 20.1 Å². The van der Waals surface area contributed by atoms with E-state index in [0.717, 1.165) is 11.6 Å². The summed E-state index contributed by atoms with van der Waals surface area (Å²) < 4.78 is 50.0. The van der Waals surface area contributed by atoms with Crippen molar-refractivity contribution >= 4 is 17.6 Å². The van der Waals surface area contributed by atoms with Crippen LogP contribution in [0.5, 0.6) is 11.5 Å². The number of carbonyl (C=O) groups excluding carboxylic acids is 2. The van der Waals surface area contributed by atoms with Gasteiger partial charge < -0.3 is 25.0 Å². The molecule has 0 unspecified atom stereocenters. The van der Waals surface area contributed by atoms with Gasteiger partial charge in [-0.2, -0.15) is 13.2 Å². The van der Waals surface area contributed by atoms with Gasteiger partial charge in [-0.05, 0) is 18.2 Å². The molecule has 2 aromatic carbocycles. The standard InChI is InChI=1S/C23H27F3N4O4/c1-33-19-9-5-6-16(21(19)34-2)14-27-22(32)30-12-10-29(11-13-30)15-20(31)28-18-8-4-3-7-17(18)23(24,25)26/h3-9H,10-15H2,1-2H3,(H,27,32)(H,28,31). The molecule has 0 saturated carbocycles. The molecule has 34 heavy (non-hydrogen) atoms. The Morgan fingerprint density at radius 1 is 0.971 bits per heavy atom. The molecular formula is C23H27F3N4O4. The topological polar surface area (TPSA) is 83.1 Å². The first-order valence-electron chi connectivity index (χ1n) is 10.6. The van der Waals surface area contributed by atoms with E-state index in [-0.39, 0.29) is 24.8 Å². The lowest BCUT2D eigenvalue weighted by atomic mass is 10.1. The second-order valence-electron chi connectivity index (χ2n) is 7.67. The fourth-order valence-electron chi connectivity index (χ4n) is 3.72. The van der Waals surface area contributed by atoms with Gasteiger partial charge in [0.25, 0.3) is 0 Å². The number of carbonyl (C=O) groups is 2. The van der Waals surface area contributed by atoms with E-state index in [4.69, 9.17) is 9.47 Å². The molecule has 1 saturated heterocycles. The molecule has 1 aliphatic rings. The third-order valence-electron chi connectivity index (χ3n) is 5.45. The van der Waals surface area contributed by atoms with Crippen molar-refractivity contribution in [2.24, 2.45) is 0 Å². The van der Waals surface area contributed by atoms with E-state index < -0.39 is 17.6 Å². The zero-order valence-corrected chi connectivity index (χ0v) is 18.9. The minimum atomic E-state index is -4.56. The van der Waals surface area contributed by atoms with E-state index in [9.17, 15) is 22.8 Å². The number of hydrogen-bond donors (Lipinski definition) is 2. The van der Waals surface area contributed by atoms with Crippen LogP contribution in [0.3, 0.4) is 0 Å². The van der Waals surface area contributed by atoms with Crippen LogP contribution in [0, 0.1) is 0 Å². The Hall–Kier alpha value is -3.47. The van der Waals surface area contributed by atoms with Gasteiger partial charge in [0.2, 0.25) is 5.91 Å². The Morgan fingerprint density at radius 3 is 2.32 bits per heavy atom. The summed E-state index contributed by atoms with van der Waals surface area (Å²) in [5.41, 5.74) is -0.395. The molecule has 0 radical (unpaired) electrons. The number of piperazine rings is 1. The van der Waals surface area contributed by atoms with Gasteiger partial charge in [0.1, 0.15) is 0 Å². The highest BCUT2D eigenvalue weighted by Crippen LogP contribution is 2.34. The number of hydrogen-bond acceptors (Lipinski definition) is 5. The maximum atomic E-state index is 13.1. The van der Waals surface area contributed by atoms with Gasteiger partial charge in [-0.25, -0.2) is 4.79 Å². The molecule has 8 nitrogen and oxygen atoms in total. The minimum Gasteiger partial charge on any atom is -0.493 e. The molecule has 0 aromatic heterocycles. The van der Waals surface area contributed by atoms with E-state index in [1.165, 1.54) is 32.4 Å². The van der Waals surface area contributed by atoms with Crippen molar-refractivity contribution in [2.45, 2.75) is 12.7 Å². The number of halogens is 3. The van der Waals surface area contributed by atoms with Crippen molar-refractivity contribution in [1.82, 2.24) is 15.1 Å². The number of anilines is 1. The summed E-state index contributed by atoms with van der Waals surface area (Å²) in [7, 11) is 3.06. The van der Waals surface area contributed by atoms with Gasteiger partial charge >= 0.3 is 12.2 Å². The summed E-state index contributed by atoms with van der Waals surface area (Å²) in [4.78, 5) is 28.3. The van der Waals surface area contributed by atoms with E-state index in [1.54, 1.807) is 21.9 Å². The van der Waals surface area contributed by atoms with Crippen LogP contribution in [0.25, 0.3) is 0 Å². The third-order valence-corrected chi connectivity index (χ3v) is 5.45. The number of rotatable bonds is 7. The molecular weight excluding hydrogens is 453 g/mol. The van der Waals surface area contributed by atoms with Crippen LogP contribution in [-0.2, 0) is 17.5 Å². The average molecular weight is 480 g/mol. The van der Waals surface area contributed by atoms with Crippen LogP contribution in [0.2, 0.25) is 0 Å².